The second kappa shape index (κ2) is 6.26. The van der Waals surface area contributed by atoms with E-state index in [0.29, 0.717) is 0 Å². The SMILES string of the molecule is c1ccc(CC2=C(Cc3ccccc3)c3ccccc3C2)cc1. The molecule has 0 saturated heterocycles. The summed E-state index contributed by atoms with van der Waals surface area (Å²) in [4.78, 5) is 0. The molecule has 3 aromatic rings. The van der Waals surface area contributed by atoms with Crippen molar-refractivity contribution in [2.24, 2.45) is 0 Å². The average molecular weight is 296 g/mol. The van der Waals surface area contributed by atoms with E-state index in [4.69, 9.17) is 0 Å². The minimum absolute atomic E-state index is 1.03. The minimum atomic E-state index is 1.03. The Balaban J connectivity index is 1.71. The smallest absolute Gasteiger partial charge is 0.00199 e. The van der Waals surface area contributed by atoms with E-state index in [0.717, 1.165) is 19.3 Å². The summed E-state index contributed by atoms with van der Waals surface area (Å²) in [5.41, 5.74) is 8.81. The van der Waals surface area contributed by atoms with Gasteiger partial charge < -0.3 is 0 Å². The Labute approximate surface area is 138 Å². The number of hydrogen-bond donors (Lipinski definition) is 0. The maximum absolute atomic E-state index is 2.28. The van der Waals surface area contributed by atoms with Crippen LogP contribution in [0.5, 0.6) is 0 Å². The quantitative estimate of drug-likeness (QED) is 0.598. The molecule has 0 nitrogen and oxygen atoms in total. The fourth-order valence-corrected chi connectivity index (χ4v) is 3.53. The number of allylic oxidation sites excluding steroid dienone is 2. The Kier molecular flexibility index (Phi) is 3.81. The first-order valence-corrected chi connectivity index (χ1v) is 8.27. The van der Waals surface area contributed by atoms with Crippen LogP contribution < -0.4 is 0 Å². The van der Waals surface area contributed by atoms with Crippen LogP contribution in [-0.4, -0.2) is 0 Å². The van der Waals surface area contributed by atoms with Crippen LogP contribution in [0.25, 0.3) is 5.57 Å². The topological polar surface area (TPSA) is 0 Å². The first-order chi connectivity index (χ1) is 11.4. The summed E-state index contributed by atoms with van der Waals surface area (Å²) in [6.07, 6.45) is 3.17. The summed E-state index contributed by atoms with van der Waals surface area (Å²) in [5.74, 6) is 0. The summed E-state index contributed by atoms with van der Waals surface area (Å²) < 4.78 is 0. The summed E-state index contributed by atoms with van der Waals surface area (Å²) in [6, 6.07) is 30.5. The van der Waals surface area contributed by atoms with Crippen molar-refractivity contribution in [3.05, 3.63) is 113 Å². The number of hydrogen-bond acceptors (Lipinski definition) is 0. The van der Waals surface area contributed by atoms with Crippen LogP contribution in [0.3, 0.4) is 0 Å². The predicted octanol–water partition coefficient (Wildman–Crippen LogP) is 5.48. The van der Waals surface area contributed by atoms with E-state index in [1.54, 1.807) is 5.57 Å². The molecule has 4 rings (SSSR count). The second-order valence-electron chi connectivity index (χ2n) is 6.24. The molecule has 0 aromatic heterocycles. The third-order valence-corrected chi connectivity index (χ3v) is 4.66. The fourth-order valence-electron chi connectivity index (χ4n) is 3.53. The largest absolute Gasteiger partial charge is 0.0622 e. The molecule has 0 bridgehead atoms. The van der Waals surface area contributed by atoms with E-state index in [9.17, 15) is 0 Å². The van der Waals surface area contributed by atoms with Crippen LogP contribution in [-0.2, 0) is 19.3 Å². The monoisotopic (exact) mass is 296 g/mol. The highest BCUT2D eigenvalue weighted by molar-refractivity contribution is 5.78. The van der Waals surface area contributed by atoms with Gasteiger partial charge in [-0.1, -0.05) is 90.5 Å². The first-order valence-electron chi connectivity index (χ1n) is 8.27. The summed E-state index contributed by atoms with van der Waals surface area (Å²) in [7, 11) is 0. The molecule has 0 amide bonds. The zero-order valence-electron chi connectivity index (χ0n) is 13.2. The van der Waals surface area contributed by atoms with Gasteiger partial charge in [-0.2, -0.15) is 0 Å². The van der Waals surface area contributed by atoms with E-state index < -0.39 is 0 Å². The molecule has 0 spiro atoms. The van der Waals surface area contributed by atoms with Crippen LogP contribution in [0.4, 0.5) is 0 Å². The Morgan fingerprint density at radius 2 is 1.13 bits per heavy atom. The van der Waals surface area contributed by atoms with Crippen molar-refractivity contribution >= 4 is 5.57 Å². The highest BCUT2D eigenvalue weighted by Gasteiger charge is 2.21. The molecular formula is C23H20. The zero-order valence-corrected chi connectivity index (χ0v) is 13.2. The van der Waals surface area contributed by atoms with Crippen molar-refractivity contribution in [1.82, 2.24) is 0 Å². The van der Waals surface area contributed by atoms with E-state index in [2.05, 4.69) is 84.9 Å². The molecule has 23 heavy (non-hydrogen) atoms. The molecular weight excluding hydrogens is 276 g/mol. The van der Waals surface area contributed by atoms with Gasteiger partial charge in [0.05, 0.1) is 0 Å². The third-order valence-electron chi connectivity index (χ3n) is 4.66. The van der Waals surface area contributed by atoms with Gasteiger partial charge in [0.1, 0.15) is 0 Å². The maximum atomic E-state index is 2.28. The summed E-state index contributed by atoms with van der Waals surface area (Å²) in [6.45, 7) is 0. The second-order valence-corrected chi connectivity index (χ2v) is 6.24. The lowest BCUT2D eigenvalue weighted by molar-refractivity contribution is 1.06. The van der Waals surface area contributed by atoms with E-state index >= 15 is 0 Å². The lowest BCUT2D eigenvalue weighted by Gasteiger charge is -2.10. The van der Waals surface area contributed by atoms with E-state index in [1.807, 2.05) is 0 Å². The Morgan fingerprint density at radius 3 is 1.83 bits per heavy atom. The number of rotatable bonds is 4. The standard InChI is InChI=1S/C23H20/c1-3-9-18(10-4-1)15-21-17-20-13-7-8-14-22(20)23(21)16-19-11-5-2-6-12-19/h1-14H,15-17H2. The van der Waals surface area contributed by atoms with E-state index in [1.165, 1.54) is 27.8 Å². The van der Waals surface area contributed by atoms with Gasteiger partial charge in [0.2, 0.25) is 0 Å². The van der Waals surface area contributed by atoms with Gasteiger partial charge in [-0.25, -0.2) is 0 Å². The molecule has 0 heteroatoms. The molecule has 0 aliphatic heterocycles. The normalized spacial score (nSPS) is 13.2. The van der Waals surface area contributed by atoms with Gasteiger partial charge in [-0.3, -0.25) is 0 Å². The highest BCUT2D eigenvalue weighted by Crippen LogP contribution is 2.36. The molecule has 112 valence electrons. The highest BCUT2D eigenvalue weighted by atomic mass is 14.2. The molecule has 0 unspecified atom stereocenters. The van der Waals surface area contributed by atoms with Crippen LogP contribution >= 0.6 is 0 Å². The van der Waals surface area contributed by atoms with Crippen LogP contribution in [0.2, 0.25) is 0 Å². The van der Waals surface area contributed by atoms with Crippen LogP contribution in [0, 0.1) is 0 Å². The van der Waals surface area contributed by atoms with Crippen molar-refractivity contribution in [1.29, 1.82) is 0 Å². The Hall–Kier alpha value is -2.60. The Bertz CT molecular complexity index is 826. The maximum Gasteiger partial charge on any atom is -0.00199 e. The van der Waals surface area contributed by atoms with Crippen LogP contribution in [0.15, 0.2) is 90.5 Å². The summed E-state index contributed by atoms with van der Waals surface area (Å²) in [5, 5.41) is 0. The van der Waals surface area contributed by atoms with Gasteiger partial charge in [0.25, 0.3) is 0 Å². The molecule has 0 heterocycles. The van der Waals surface area contributed by atoms with Crippen molar-refractivity contribution in [2.75, 3.05) is 0 Å². The van der Waals surface area contributed by atoms with Gasteiger partial charge >= 0.3 is 0 Å². The molecule has 1 aliphatic carbocycles. The lowest BCUT2D eigenvalue weighted by Crippen LogP contribution is -1.95. The van der Waals surface area contributed by atoms with Gasteiger partial charge in [0.15, 0.2) is 0 Å². The summed E-state index contributed by atoms with van der Waals surface area (Å²) >= 11 is 0. The Morgan fingerprint density at radius 1 is 0.565 bits per heavy atom. The minimum Gasteiger partial charge on any atom is -0.0622 e. The molecule has 0 atom stereocenters. The molecule has 3 aromatic carbocycles. The predicted molar refractivity (Wildman–Crippen MR) is 97.4 cm³/mol. The van der Waals surface area contributed by atoms with E-state index in [-0.39, 0.29) is 0 Å². The number of fused-ring (bicyclic) bond motifs is 1. The molecule has 1 aliphatic rings. The lowest BCUT2D eigenvalue weighted by atomic mass is 9.95. The van der Waals surface area contributed by atoms with Crippen molar-refractivity contribution < 1.29 is 0 Å². The van der Waals surface area contributed by atoms with Crippen molar-refractivity contribution in [3.8, 4) is 0 Å². The molecule has 0 fully saturated rings. The third kappa shape index (κ3) is 2.98. The average Bonchev–Trinajstić information content (AvgIpc) is 2.94. The zero-order chi connectivity index (χ0) is 15.5. The fraction of sp³-hybridized carbons (Fsp3) is 0.130. The van der Waals surface area contributed by atoms with Crippen molar-refractivity contribution in [2.45, 2.75) is 19.3 Å². The first kappa shape index (κ1) is 14.0. The molecule has 0 N–H and O–H groups in total. The van der Waals surface area contributed by atoms with Gasteiger partial charge in [-0.15, -0.1) is 0 Å². The van der Waals surface area contributed by atoms with Crippen LogP contribution in [0.1, 0.15) is 22.3 Å². The number of benzene rings is 3. The molecule has 0 saturated carbocycles. The van der Waals surface area contributed by atoms with Gasteiger partial charge in [-0.05, 0) is 47.1 Å². The van der Waals surface area contributed by atoms with Gasteiger partial charge in [0, 0.05) is 0 Å². The molecule has 0 radical (unpaired) electrons. The van der Waals surface area contributed by atoms with Crippen molar-refractivity contribution in [3.63, 3.8) is 0 Å².